The van der Waals surface area contributed by atoms with E-state index in [4.69, 9.17) is 5.11 Å². The molecular weight excluding hydrogens is 246 g/mol. The second-order valence-corrected chi connectivity index (χ2v) is 3.50. The summed E-state index contributed by atoms with van der Waals surface area (Å²) in [4.78, 5) is 27.5. The maximum absolute atomic E-state index is 11.4. The van der Waals surface area contributed by atoms with E-state index >= 15 is 0 Å². The highest BCUT2D eigenvalue weighted by molar-refractivity contribution is 5.92. The zero-order valence-corrected chi connectivity index (χ0v) is 10.3. The molecule has 0 aliphatic rings. The van der Waals surface area contributed by atoms with Gasteiger partial charge in [-0.05, 0) is 26.2 Å². The second kappa shape index (κ2) is 6.82. The number of hydrogen-bond donors (Lipinski definition) is 2. The Morgan fingerprint density at radius 2 is 2.06 bits per heavy atom. The zero-order chi connectivity index (χ0) is 12.1. The van der Waals surface area contributed by atoms with Gasteiger partial charge in [0.25, 0.3) is 0 Å². The second-order valence-electron chi connectivity index (χ2n) is 3.50. The number of likely N-dealkylation sites (N-methyl/N-ethyl adjacent to an activating group) is 1. The molecule has 0 spiro atoms. The molecule has 1 heterocycles. The molecule has 1 amide bonds. The molecule has 2 N–H and O–H groups in total. The summed E-state index contributed by atoms with van der Waals surface area (Å²) in [6, 6.07) is 4.44. The van der Waals surface area contributed by atoms with Gasteiger partial charge in [-0.25, -0.2) is 9.78 Å². The quantitative estimate of drug-likeness (QED) is 0.832. The molecule has 7 heteroatoms. The van der Waals surface area contributed by atoms with Gasteiger partial charge in [0.05, 0.1) is 6.54 Å². The first kappa shape index (κ1) is 15.3. The fourth-order valence-corrected chi connectivity index (χ4v) is 1.09. The van der Waals surface area contributed by atoms with E-state index < -0.39 is 5.97 Å². The topological polar surface area (TPSA) is 82.5 Å². The molecule has 6 nitrogen and oxygen atoms in total. The summed E-state index contributed by atoms with van der Waals surface area (Å²) in [5, 5.41) is 11.2. The van der Waals surface area contributed by atoms with Gasteiger partial charge in [-0.2, -0.15) is 0 Å². The van der Waals surface area contributed by atoms with Gasteiger partial charge in [0.2, 0.25) is 5.91 Å². The van der Waals surface area contributed by atoms with Crippen molar-refractivity contribution >= 4 is 30.1 Å². The Morgan fingerprint density at radius 1 is 1.41 bits per heavy atom. The molecule has 0 unspecified atom stereocenters. The van der Waals surface area contributed by atoms with Gasteiger partial charge in [-0.3, -0.25) is 4.79 Å². The third kappa shape index (κ3) is 5.28. The monoisotopic (exact) mass is 259 g/mol. The number of amides is 1. The lowest BCUT2D eigenvalue weighted by molar-refractivity contribution is -0.116. The third-order valence-corrected chi connectivity index (χ3v) is 1.70. The van der Waals surface area contributed by atoms with Crippen LogP contribution in [0.15, 0.2) is 18.2 Å². The number of carboxylic acids is 1. The molecule has 1 aromatic rings. The molecule has 0 atom stereocenters. The van der Waals surface area contributed by atoms with Crippen molar-refractivity contribution in [2.75, 3.05) is 26.0 Å². The number of hydrogen-bond acceptors (Lipinski definition) is 4. The van der Waals surface area contributed by atoms with Gasteiger partial charge in [-0.1, -0.05) is 6.07 Å². The summed E-state index contributed by atoms with van der Waals surface area (Å²) in [6.07, 6.45) is 0. The Bertz CT molecular complexity index is 410. The highest BCUT2D eigenvalue weighted by atomic mass is 35.5. The van der Waals surface area contributed by atoms with E-state index in [1.165, 1.54) is 12.1 Å². The molecule has 0 aliphatic carbocycles. The average Bonchev–Trinajstić information content (AvgIpc) is 2.16. The van der Waals surface area contributed by atoms with Crippen molar-refractivity contribution in [3.63, 3.8) is 0 Å². The molecule has 0 aliphatic heterocycles. The number of rotatable bonds is 4. The normalized spacial score (nSPS) is 9.59. The number of carbonyl (C=O) groups is 2. The highest BCUT2D eigenvalue weighted by Crippen LogP contribution is 2.04. The first-order chi connectivity index (χ1) is 7.49. The van der Waals surface area contributed by atoms with Crippen molar-refractivity contribution in [3.8, 4) is 0 Å². The fourth-order valence-electron chi connectivity index (χ4n) is 1.09. The molecule has 0 saturated carbocycles. The van der Waals surface area contributed by atoms with Gasteiger partial charge < -0.3 is 15.3 Å². The molecule has 0 fully saturated rings. The molecular formula is C10H14ClN3O3. The van der Waals surface area contributed by atoms with Crippen LogP contribution in [0.1, 0.15) is 10.5 Å². The van der Waals surface area contributed by atoms with E-state index in [1.54, 1.807) is 25.1 Å². The summed E-state index contributed by atoms with van der Waals surface area (Å²) in [5.41, 5.74) is -0.0948. The predicted molar refractivity (Wildman–Crippen MR) is 65.6 cm³/mol. The number of carbonyl (C=O) groups excluding carboxylic acids is 1. The van der Waals surface area contributed by atoms with Crippen molar-refractivity contribution in [2.45, 2.75) is 0 Å². The van der Waals surface area contributed by atoms with Crippen molar-refractivity contribution in [2.24, 2.45) is 0 Å². The van der Waals surface area contributed by atoms with Crippen LogP contribution in [0, 0.1) is 0 Å². The Kier molecular flexibility index (Phi) is 6.16. The number of anilines is 1. The average molecular weight is 260 g/mol. The number of pyridine rings is 1. The summed E-state index contributed by atoms with van der Waals surface area (Å²) in [6.45, 7) is 0.221. The van der Waals surface area contributed by atoms with Crippen molar-refractivity contribution in [1.82, 2.24) is 9.88 Å². The summed E-state index contributed by atoms with van der Waals surface area (Å²) in [7, 11) is 3.53. The van der Waals surface area contributed by atoms with Crippen LogP contribution in [-0.4, -0.2) is 47.5 Å². The molecule has 94 valence electrons. The smallest absolute Gasteiger partial charge is 0.354 e. The van der Waals surface area contributed by atoms with Crippen LogP contribution in [0.4, 0.5) is 5.82 Å². The Hall–Kier alpha value is -1.66. The highest BCUT2D eigenvalue weighted by Gasteiger charge is 2.08. The lowest BCUT2D eigenvalue weighted by Gasteiger charge is -2.09. The van der Waals surface area contributed by atoms with Crippen LogP contribution in [0.25, 0.3) is 0 Å². The molecule has 0 bridgehead atoms. The number of carboxylic acid groups (broad SMARTS) is 1. The first-order valence-electron chi connectivity index (χ1n) is 4.64. The Labute approximate surface area is 105 Å². The van der Waals surface area contributed by atoms with E-state index in [-0.39, 0.29) is 36.4 Å². The first-order valence-corrected chi connectivity index (χ1v) is 4.64. The number of nitrogens with zero attached hydrogens (tertiary/aromatic N) is 2. The minimum Gasteiger partial charge on any atom is -0.477 e. The zero-order valence-electron chi connectivity index (χ0n) is 9.51. The molecule has 0 aromatic carbocycles. The van der Waals surface area contributed by atoms with Crippen molar-refractivity contribution < 1.29 is 14.7 Å². The van der Waals surface area contributed by atoms with Gasteiger partial charge in [0, 0.05) is 0 Å². The molecule has 0 saturated heterocycles. The number of aromatic carboxylic acids is 1. The maximum atomic E-state index is 11.4. The minimum atomic E-state index is -1.12. The van der Waals surface area contributed by atoms with Crippen LogP contribution in [0.3, 0.4) is 0 Å². The van der Waals surface area contributed by atoms with Gasteiger partial charge in [0.15, 0.2) is 5.69 Å². The SMILES string of the molecule is CN(C)CC(=O)Nc1cccc(C(=O)O)n1.Cl. The molecule has 1 rings (SSSR count). The lowest BCUT2D eigenvalue weighted by atomic mass is 10.3. The van der Waals surface area contributed by atoms with Gasteiger partial charge >= 0.3 is 5.97 Å². The van der Waals surface area contributed by atoms with Crippen LogP contribution >= 0.6 is 12.4 Å². The number of nitrogens with one attached hydrogen (secondary N) is 1. The number of aromatic nitrogens is 1. The van der Waals surface area contributed by atoms with Crippen LogP contribution < -0.4 is 5.32 Å². The Morgan fingerprint density at radius 3 is 2.59 bits per heavy atom. The van der Waals surface area contributed by atoms with Gasteiger partial charge in [-0.15, -0.1) is 12.4 Å². The molecule has 17 heavy (non-hydrogen) atoms. The maximum Gasteiger partial charge on any atom is 0.354 e. The van der Waals surface area contributed by atoms with E-state index in [1.807, 2.05) is 0 Å². The number of halogens is 1. The van der Waals surface area contributed by atoms with E-state index in [2.05, 4.69) is 10.3 Å². The van der Waals surface area contributed by atoms with Crippen LogP contribution in [-0.2, 0) is 4.79 Å². The summed E-state index contributed by atoms with van der Waals surface area (Å²) < 4.78 is 0. The minimum absolute atomic E-state index is 0. The summed E-state index contributed by atoms with van der Waals surface area (Å²) >= 11 is 0. The van der Waals surface area contributed by atoms with Crippen molar-refractivity contribution in [3.05, 3.63) is 23.9 Å². The standard InChI is InChI=1S/C10H13N3O3.ClH/c1-13(2)6-9(14)12-8-5-3-4-7(11-8)10(15)16;/h3-5H,6H2,1-2H3,(H,15,16)(H,11,12,14);1H. The lowest BCUT2D eigenvalue weighted by Crippen LogP contribution is -2.27. The van der Waals surface area contributed by atoms with E-state index in [0.29, 0.717) is 0 Å². The largest absolute Gasteiger partial charge is 0.477 e. The predicted octanol–water partition coefficient (Wildman–Crippen LogP) is 0.702. The van der Waals surface area contributed by atoms with Crippen molar-refractivity contribution in [1.29, 1.82) is 0 Å². The molecule has 1 aromatic heterocycles. The summed E-state index contributed by atoms with van der Waals surface area (Å²) in [5.74, 6) is -1.12. The van der Waals surface area contributed by atoms with Crippen LogP contribution in [0.2, 0.25) is 0 Å². The van der Waals surface area contributed by atoms with E-state index in [0.717, 1.165) is 0 Å². The van der Waals surface area contributed by atoms with Gasteiger partial charge in [0.1, 0.15) is 5.82 Å². The van der Waals surface area contributed by atoms with E-state index in [9.17, 15) is 9.59 Å². The van der Waals surface area contributed by atoms with Crippen LogP contribution in [0.5, 0.6) is 0 Å². The Balaban J connectivity index is 0.00000256. The fraction of sp³-hybridized carbons (Fsp3) is 0.300. The third-order valence-electron chi connectivity index (χ3n) is 1.70. The molecule has 0 radical (unpaired) electrons.